The number of nitrogens with two attached hydrogens (primary N) is 2. The van der Waals surface area contributed by atoms with Gasteiger partial charge in [0.15, 0.2) is 10.3 Å². The van der Waals surface area contributed by atoms with Crippen LogP contribution in [0.1, 0.15) is 67.2 Å². The molecular formula is C30H44Cu2N4O10S2. The number of nitrogen functional groups attached to an aromatic ring is 2. The number of hydrogen-bond donors (Lipinski definition) is 4. The number of aliphatic carboxylic acids is 4. The van der Waals surface area contributed by atoms with Gasteiger partial charge in [0.1, 0.15) is 0 Å². The molecule has 14 nitrogen and oxygen atoms in total. The Labute approximate surface area is 310 Å². The van der Waals surface area contributed by atoms with E-state index in [0.717, 1.165) is 73.8 Å². The molecule has 0 spiro atoms. The van der Waals surface area contributed by atoms with E-state index in [4.69, 9.17) is 61.3 Å². The zero-order valence-corrected chi connectivity index (χ0v) is 31.0. The van der Waals surface area contributed by atoms with Gasteiger partial charge in [-0.3, -0.25) is 0 Å². The van der Waals surface area contributed by atoms with Crippen LogP contribution in [0.5, 0.6) is 0 Å². The zero-order chi connectivity index (χ0) is 36.5. The van der Waals surface area contributed by atoms with E-state index in [2.05, 4.69) is 23.8 Å². The van der Waals surface area contributed by atoms with Crippen LogP contribution >= 0.6 is 22.7 Å². The molecule has 0 fully saturated rings. The number of aromatic nitrogens is 2. The van der Waals surface area contributed by atoms with Crippen LogP contribution in [0.2, 0.25) is 0 Å². The second kappa shape index (κ2) is 39.8. The molecule has 0 aliphatic rings. The Kier molecular flexibility index (Phi) is 47.3. The average Bonchev–Trinajstić information content (AvgIpc) is 3.50. The molecule has 0 saturated carbocycles. The first kappa shape index (κ1) is 57.0. The van der Waals surface area contributed by atoms with Gasteiger partial charge in [-0.2, -0.15) is 0 Å². The molecule has 278 valence electrons. The van der Waals surface area contributed by atoms with E-state index < -0.39 is 23.9 Å². The summed E-state index contributed by atoms with van der Waals surface area (Å²) in [6.45, 7) is 8.68. The molecule has 4 rings (SSSR count). The number of thiazole rings is 2. The number of carbonyl (C=O) groups is 4. The van der Waals surface area contributed by atoms with Gasteiger partial charge < -0.3 is 61.3 Å². The van der Waals surface area contributed by atoms with E-state index in [0.29, 0.717) is 23.5 Å². The number of aliphatic hydroxyl groups is 2. The monoisotopic (exact) mass is 810 g/mol. The van der Waals surface area contributed by atoms with Crippen LogP contribution in [0.15, 0.2) is 48.5 Å². The van der Waals surface area contributed by atoms with Gasteiger partial charge in [0.2, 0.25) is 0 Å². The number of nitrogens with zero attached hydrogens (tertiary/aromatic N) is 2. The first-order chi connectivity index (χ1) is 21.5. The summed E-state index contributed by atoms with van der Waals surface area (Å²) in [5, 5.41) is 53.0. The minimum Gasteiger partial charge on any atom is -0.550 e. The molecule has 4 aromatic rings. The molecule has 0 atom stereocenters. The van der Waals surface area contributed by atoms with E-state index in [1.165, 1.54) is 22.7 Å². The third kappa shape index (κ3) is 49.5. The molecule has 2 heterocycles. The number of unbranched alkanes of at least 4 members (excludes halogenated alkanes) is 2. The Morgan fingerprint density at radius 1 is 0.604 bits per heavy atom. The van der Waals surface area contributed by atoms with Crippen LogP contribution in [0.3, 0.4) is 0 Å². The number of carbonyl (C=O) groups excluding carboxylic acids is 4. The summed E-state index contributed by atoms with van der Waals surface area (Å²) < 4.78 is 2.31. The smallest absolute Gasteiger partial charge is 0.550 e. The fourth-order valence-electron chi connectivity index (χ4n) is 2.10. The standard InChI is InChI=1S/2C7H6N2S.2C4H10O.4C2H4O2.2Cu/c2*8-7-9-5-3-1-2-4-6(5)10-7;2*1-2-3-4-5;4*1-2(3)4;;/h2*1-4H,(H2,8,9);2*5H,2-4H2,1H3;4*1H3,(H,3,4);;/q;;;;;;;;2*+2/p-4. The van der Waals surface area contributed by atoms with Crippen molar-refractivity contribution in [3.63, 3.8) is 0 Å². The molecule has 0 aliphatic heterocycles. The topological polar surface area (TPSA) is 279 Å². The van der Waals surface area contributed by atoms with Crippen molar-refractivity contribution in [1.29, 1.82) is 0 Å². The Hall–Kier alpha value is -3.34. The number of carboxylic acids is 4. The fraction of sp³-hybridized carbons (Fsp3) is 0.400. The van der Waals surface area contributed by atoms with Gasteiger partial charge >= 0.3 is 34.1 Å². The third-order valence-electron chi connectivity index (χ3n) is 3.64. The number of carboxylic acid groups (broad SMARTS) is 4. The molecular weight excluding hydrogens is 768 g/mol. The van der Waals surface area contributed by atoms with E-state index in [1.54, 1.807) is 0 Å². The Bertz CT molecular complexity index is 1150. The summed E-state index contributed by atoms with van der Waals surface area (Å²) in [7, 11) is 0. The van der Waals surface area contributed by atoms with E-state index in [1.807, 2.05) is 48.5 Å². The summed E-state index contributed by atoms with van der Waals surface area (Å²) in [5.74, 6) is -4.33. The Morgan fingerprint density at radius 3 is 1.00 bits per heavy atom. The number of rotatable bonds is 4. The zero-order valence-electron chi connectivity index (χ0n) is 27.5. The Balaban J connectivity index is -0.000000109. The molecule has 0 aliphatic carbocycles. The van der Waals surface area contributed by atoms with Crippen LogP contribution in [0.25, 0.3) is 20.4 Å². The molecule has 0 unspecified atom stereocenters. The molecule has 18 heteroatoms. The van der Waals surface area contributed by atoms with Gasteiger partial charge in [0.05, 0.1) is 20.4 Å². The summed E-state index contributed by atoms with van der Waals surface area (Å²) in [6.07, 6.45) is 4.08. The summed E-state index contributed by atoms with van der Waals surface area (Å²) in [4.78, 5) is 43.8. The van der Waals surface area contributed by atoms with Gasteiger partial charge in [-0.1, -0.05) is 73.6 Å². The number of para-hydroxylation sites is 2. The maximum Gasteiger partial charge on any atom is 2.00 e. The summed E-state index contributed by atoms with van der Waals surface area (Å²) in [6, 6.07) is 15.8. The number of benzene rings is 2. The molecule has 0 bridgehead atoms. The maximum atomic E-state index is 8.89. The van der Waals surface area contributed by atoms with Crippen molar-refractivity contribution in [3.8, 4) is 0 Å². The molecule has 2 radical (unpaired) electrons. The SMILES string of the molecule is CC(=O)[O-].CC(=O)[O-].CC(=O)[O-].CC(=O)[O-].CCCCO.CCCCO.Nc1nc2ccccc2s1.Nc1nc2ccccc2s1.[Cu+2].[Cu+2]. The van der Waals surface area contributed by atoms with E-state index >= 15 is 0 Å². The van der Waals surface area contributed by atoms with Crippen molar-refractivity contribution in [2.45, 2.75) is 67.2 Å². The third-order valence-corrected chi connectivity index (χ3v) is 5.38. The normalized spacial score (nSPS) is 8.17. The van der Waals surface area contributed by atoms with Gasteiger partial charge in [0.25, 0.3) is 0 Å². The second-order valence-corrected chi connectivity index (χ2v) is 10.3. The average molecular weight is 812 g/mol. The predicted octanol–water partition coefficient (Wildman–Crippen LogP) is 0.334. The number of anilines is 2. The van der Waals surface area contributed by atoms with Crippen molar-refractivity contribution in [3.05, 3.63) is 48.5 Å². The molecule has 48 heavy (non-hydrogen) atoms. The minimum atomic E-state index is -1.08. The van der Waals surface area contributed by atoms with Crippen LogP contribution in [0, 0.1) is 0 Å². The number of aliphatic hydroxyl groups excluding tert-OH is 2. The van der Waals surface area contributed by atoms with Crippen molar-refractivity contribution >= 4 is 77.2 Å². The summed E-state index contributed by atoms with van der Waals surface area (Å²) >= 11 is 3.04. The van der Waals surface area contributed by atoms with E-state index in [9.17, 15) is 0 Å². The van der Waals surface area contributed by atoms with Crippen LogP contribution < -0.4 is 31.9 Å². The van der Waals surface area contributed by atoms with Crippen molar-refractivity contribution < 1.29 is 84.0 Å². The molecule has 0 amide bonds. The molecule has 6 N–H and O–H groups in total. The van der Waals surface area contributed by atoms with Gasteiger partial charge in [-0.05, 0) is 64.8 Å². The quantitative estimate of drug-likeness (QED) is 0.202. The van der Waals surface area contributed by atoms with Crippen molar-refractivity contribution in [2.24, 2.45) is 0 Å². The van der Waals surface area contributed by atoms with Crippen molar-refractivity contribution in [1.82, 2.24) is 9.97 Å². The number of fused-ring (bicyclic) bond motifs is 2. The molecule has 0 saturated heterocycles. The molecule has 2 aromatic carbocycles. The number of hydrogen-bond acceptors (Lipinski definition) is 16. The van der Waals surface area contributed by atoms with Crippen LogP contribution in [-0.4, -0.2) is 57.3 Å². The van der Waals surface area contributed by atoms with Gasteiger partial charge in [-0.25, -0.2) is 9.97 Å². The summed E-state index contributed by atoms with van der Waals surface area (Å²) in [5.41, 5.74) is 13.0. The first-order valence-corrected chi connectivity index (χ1v) is 15.3. The van der Waals surface area contributed by atoms with E-state index in [-0.39, 0.29) is 34.1 Å². The predicted molar refractivity (Wildman–Crippen MR) is 175 cm³/mol. The van der Waals surface area contributed by atoms with Crippen LogP contribution in [-0.2, 0) is 53.3 Å². The van der Waals surface area contributed by atoms with Gasteiger partial charge in [-0.15, -0.1) is 0 Å². The van der Waals surface area contributed by atoms with Gasteiger partial charge in [0, 0.05) is 37.1 Å². The van der Waals surface area contributed by atoms with Crippen LogP contribution in [0.4, 0.5) is 10.3 Å². The second-order valence-electron chi connectivity index (χ2n) is 8.16. The largest absolute Gasteiger partial charge is 2.00 e. The first-order valence-electron chi connectivity index (χ1n) is 13.6. The van der Waals surface area contributed by atoms with Crippen molar-refractivity contribution in [2.75, 3.05) is 24.7 Å². The molecule has 2 aromatic heterocycles. The fourth-order valence-corrected chi connectivity index (χ4v) is 3.56. The Morgan fingerprint density at radius 2 is 0.833 bits per heavy atom. The minimum absolute atomic E-state index is 0. The maximum absolute atomic E-state index is 8.89.